The van der Waals surface area contributed by atoms with E-state index in [1.54, 1.807) is 4.52 Å². The molecule has 0 unspecified atom stereocenters. The SMILES string of the molecule is Cc1nc2nc(CN)nn2c(C)c1C. The predicted molar refractivity (Wildman–Crippen MR) is 52.9 cm³/mol. The van der Waals surface area contributed by atoms with Crippen LogP contribution in [0, 0.1) is 20.8 Å². The smallest absolute Gasteiger partial charge is 0.252 e. The van der Waals surface area contributed by atoms with E-state index in [0.717, 1.165) is 17.0 Å². The summed E-state index contributed by atoms with van der Waals surface area (Å²) < 4.78 is 1.74. The molecule has 2 aromatic rings. The van der Waals surface area contributed by atoms with Crippen LogP contribution in [0.3, 0.4) is 0 Å². The molecule has 2 rings (SSSR count). The van der Waals surface area contributed by atoms with E-state index < -0.39 is 0 Å². The third kappa shape index (κ3) is 1.17. The summed E-state index contributed by atoms with van der Waals surface area (Å²) in [5.74, 6) is 1.26. The van der Waals surface area contributed by atoms with E-state index in [0.29, 0.717) is 18.1 Å². The molecule has 2 heterocycles. The molecule has 0 aliphatic carbocycles. The zero-order valence-corrected chi connectivity index (χ0v) is 8.57. The Morgan fingerprint density at radius 1 is 1.21 bits per heavy atom. The van der Waals surface area contributed by atoms with Crippen LogP contribution in [0.4, 0.5) is 0 Å². The van der Waals surface area contributed by atoms with Crippen molar-refractivity contribution in [2.45, 2.75) is 27.3 Å². The molecule has 0 atom stereocenters. The van der Waals surface area contributed by atoms with Crippen LogP contribution in [0.5, 0.6) is 0 Å². The lowest BCUT2D eigenvalue weighted by Gasteiger charge is -2.04. The fourth-order valence-electron chi connectivity index (χ4n) is 1.38. The lowest BCUT2D eigenvalue weighted by atomic mass is 10.2. The summed E-state index contributed by atoms with van der Waals surface area (Å²) in [4.78, 5) is 8.55. The van der Waals surface area contributed by atoms with Crippen LogP contribution in [0.15, 0.2) is 0 Å². The first-order chi connectivity index (χ1) is 6.63. The molecular formula is C9H13N5. The predicted octanol–water partition coefficient (Wildman–Crippen LogP) is 0.508. The van der Waals surface area contributed by atoms with Gasteiger partial charge in [0.15, 0.2) is 5.82 Å². The van der Waals surface area contributed by atoms with Gasteiger partial charge in [0, 0.05) is 11.4 Å². The quantitative estimate of drug-likeness (QED) is 0.713. The molecule has 0 amide bonds. The van der Waals surface area contributed by atoms with Crippen LogP contribution in [0.25, 0.3) is 5.78 Å². The highest BCUT2D eigenvalue weighted by atomic mass is 15.3. The lowest BCUT2D eigenvalue weighted by molar-refractivity contribution is 0.829. The van der Waals surface area contributed by atoms with Crippen molar-refractivity contribution in [3.63, 3.8) is 0 Å². The van der Waals surface area contributed by atoms with Gasteiger partial charge >= 0.3 is 0 Å². The minimum Gasteiger partial charge on any atom is -0.324 e. The maximum absolute atomic E-state index is 5.47. The summed E-state index contributed by atoms with van der Waals surface area (Å²) in [7, 11) is 0. The van der Waals surface area contributed by atoms with E-state index >= 15 is 0 Å². The summed E-state index contributed by atoms with van der Waals surface area (Å²) in [5.41, 5.74) is 8.68. The average Bonchev–Trinajstić information content (AvgIpc) is 2.57. The highest BCUT2D eigenvalue weighted by molar-refractivity contribution is 5.35. The van der Waals surface area contributed by atoms with Gasteiger partial charge in [0.05, 0.1) is 6.54 Å². The van der Waals surface area contributed by atoms with Crippen molar-refractivity contribution in [3.05, 3.63) is 22.8 Å². The van der Waals surface area contributed by atoms with Crippen molar-refractivity contribution in [2.24, 2.45) is 5.73 Å². The Bertz CT molecular complexity index is 485. The first-order valence-electron chi connectivity index (χ1n) is 4.53. The van der Waals surface area contributed by atoms with Gasteiger partial charge in [-0.2, -0.15) is 4.98 Å². The number of aromatic nitrogens is 4. The fraction of sp³-hybridized carbons (Fsp3) is 0.444. The second-order valence-electron chi connectivity index (χ2n) is 3.35. The minimum atomic E-state index is 0.348. The monoisotopic (exact) mass is 191 g/mol. The highest BCUT2D eigenvalue weighted by Gasteiger charge is 2.09. The number of aryl methyl sites for hydroxylation is 2. The molecule has 5 heteroatoms. The van der Waals surface area contributed by atoms with E-state index in [1.807, 2.05) is 20.8 Å². The highest BCUT2D eigenvalue weighted by Crippen LogP contribution is 2.11. The van der Waals surface area contributed by atoms with Gasteiger partial charge in [0.25, 0.3) is 5.78 Å². The summed E-state index contributed by atoms with van der Waals surface area (Å²) in [5, 5.41) is 4.25. The van der Waals surface area contributed by atoms with Crippen molar-refractivity contribution >= 4 is 5.78 Å². The van der Waals surface area contributed by atoms with Crippen LogP contribution in [0.1, 0.15) is 22.8 Å². The molecule has 0 bridgehead atoms. The Hall–Kier alpha value is -1.49. The molecule has 14 heavy (non-hydrogen) atoms. The summed E-state index contributed by atoms with van der Waals surface area (Å²) in [6.07, 6.45) is 0. The van der Waals surface area contributed by atoms with Crippen LogP contribution >= 0.6 is 0 Å². The molecule has 2 N–H and O–H groups in total. The average molecular weight is 191 g/mol. The van der Waals surface area contributed by atoms with E-state index in [1.165, 1.54) is 0 Å². The Morgan fingerprint density at radius 2 is 1.93 bits per heavy atom. The van der Waals surface area contributed by atoms with Gasteiger partial charge in [-0.3, -0.25) is 0 Å². The van der Waals surface area contributed by atoms with E-state index in [2.05, 4.69) is 15.1 Å². The maximum Gasteiger partial charge on any atom is 0.252 e. The van der Waals surface area contributed by atoms with Gasteiger partial charge < -0.3 is 5.73 Å². The number of nitrogens with two attached hydrogens (primary N) is 1. The zero-order chi connectivity index (χ0) is 10.3. The molecular weight excluding hydrogens is 178 g/mol. The van der Waals surface area contributed by atoms with Gasteiger partial charge in [0.1, 0.15) is 0 Å². The largest absolute Gasteiger partial charge is 0.324 e. The Balaban J connectivity index is 2.81. The van der Waals surface area contributed by atoms with Crippen molar-refractivity contribution in [1.82, 2.24) is 19.6 Å². The Morgan fingerprint density at radius 3 is 2.57 bits per heavy atom. The number of hydrogen-bond donors (Lipinski definition) is 1. The molecule has 0 aliphatic rings. The summed E-state index contributed by atoms with van der Waals surface area (Å²) >= 11 is 0. The second-order valence-corrected chi connectivity index (χ2v) is 3.35. The topological polar surface area (TPSA) is 69.1 Å². The molecule has 5 nitrogen and oxygen atoms in total. The third-order valence-corrected chi connectivity index (χ3v) is 2.49. The Labute approximate surface area is 82.0 Å². The third-order valence-electron chi connectivity index (χ3n) is 2.49. The maximum atomic E-state index is 5.47. The first kappa shape index (κ1) is 9.08. The van der Waals surface area contributed by atoms with Gasteiger partial charge in [-0.25, -0.2) is 9.50 Å². The van der Waals surface area contributed by atoms with Gasteiger partial charge in [-0.1, -0.05) is 0 Å². The summed E-state index contributed by atoms with van der Waals surface area (Å²) in [6, 6.07) is 0. The number of hydrogen-bond acceptors (Lipinski definition) is 4. The molecule has 0 radical (unpaired) electrons. The van der Waals surface area contributed by atoms with Gasteiger partial charge in [-0.15, -0.1) is 5.10 Å². The lowest BCUT2D eigenvalue weighted by Crippen LogP contribution is -2.02. The number of fused-ring (bicyclic) bond motifs is 1. The van der Waals surface area contributed by atoms with Crippen molar-refractivity contribution in [2.75, 3.05) is 0 Å². The normalized spacial score (nSPS) is 11.1. The molecule has 74 valence electrons. The van der Waals surface area contributed by atoms with Crippen LogP contribution in [-0.2, 0) is 6.54 Å². The molecule has 0 fully saturated rings. The first-order valence-corrected chi connectivity index (χ1v) is 4.53. The van der Waals surface area contributed by atoms with Gasteiger partial charge in [-0.05, 0) is 26.3 Å². The minimum absolute atomic E-state index is 0.348. The molecule has 0 aliphatic heterocycles. The molecule has 0 aromatic carbocycles. The second kappa shape index (κ2) is 3.02. The van der Waals surface area contributed by atoms with E-state index in [9.17, 15) is 0 Å². The molecule has 0 spiro atoms. The number of nitrogens with zero attached hydrogens (tertiary/aromatic N) is 4. The molecule has 0 saturated carbocycles. The molecule has 0 saturated heterocycles. The summed E-state index contributed by atoms with van der Waals surface area (Å²) in [6.45, 7) is 6.35. The van der Waals surface area contributed by atoms with Crippen molar-refractivity contribution in [1.29, 1.82) is 0 Å². The van der Waals surface area contributed by atoms with Gasteiger partial charge in [0.2, 0.25) is 0 Å². The van der Waals surface area contributed by atoms with E-state index in [-0.39, 0.29) is 0 Å². The van der Waals surface area contributed by atoms with Crippen LogP contribution < -0.4 is 5.73 Å². The Kier molecular flexibility index (Phi) is 1.96. The van der Waals surface area contributed by atoms with E-state index in [4.69, 9.17) is 5.73 Å². The zero-order valence-electron chi connectivity index (χ0n) is 8.57. The fourth-order valence-corrected chi connectivity index (χ4v) is 1.38. The van der Waals surface area contributed by atoms with Crippen molar-refractivity contribution < 1.29 is 0 Å². The van der Waals surface area contributed by atoms with Crippen LogP contribution in [0.2, 0.25) is 0 Å². The molecule has 2 aromatic heterocycles. The van der Waals surface area contributed by atoms with Crippen LogP contribution in [-0.4, -0.2) is 19.6 Å². The number of rotatable bonds is 1. The standard InChI is InChI=1S/C9H13N5/c1-5-6(2)11-9-12-8(4-10)13-14(9)7(5)3/h4,10H2,1-3H3. The van der Waals surface area contributed by atoms with Crippen molar-refractivity contribution in [3.8, 4) is 0 Å².